The van der Waals surface area contributed by atoms with Crippen molar-refractivity contribution in [1.82, 2.24) is 9.78 Å². The highest BCUT2D eigenvalue weighted by Crippen LogP contribution is 2.37. The molecule has 1 aliphatic rings. The van der Waals surface area contributed by atoms with Crippen LogP contribution in [0.5, 0.6) is 0 Å². The first-order chi connectivity index (χ1) is 8.24. The highest BCUT2D eigenvalue weighted by atomic mass is 35.5. The molecule has 0 amide bonds. The normalized spacial score (nSPS) is 17.6. The number of alkyl halides is 1. The van der Waals surface area contributed by atoms with Crippen molar-refractivity contribution >= 4 is 11.6 Å². The second-order valence-corrected chi connectivity index (χ2v) is 5.71. The molecule has 0 aromatic carbocycles. The zero-order valence-electron chi connectivity index (χ0n) is 10.9. The summed E-state index contributed by atoms with van der Waals surface area (Å²) in [6.07, 6.45) is 9.18. The molecule has 0 spiro atoms. The summed E-state index contributed by atoms with van der Waals surface area (Å²) in [4.78, 5) is 0. The third kappa shape index (κ3) is 3.48. The molecule has 17 heavy (non-hydrogen) atoms. The molecule has 0 saturated heterocycles. The highest BCUT2D eigenvalue weighted by Gasteiger charge is 2.29. The Morgan fingerprint density at radius 1 is 1.41 bits per heavy atom. The molecule has 1 atom stereocenters. The maximum atomic E-state index is 6.32. The van der Waals surface area contributed by atoms with Gasteiger partial charge in [-0.3, -0.25) is 4.68 Å². The summed E-state index contributed by atoms with van der Waals surface area (Å²) >= 11 is 6.32. The van der Waals surface area contributed by atoms with Crippen LogP contribution in [0.25, 0.3) is 0 Å². The maximum absolute atomic E-state index is 6.32. The van der Waals surface area contributed by atoms with Crippen LogP contribution in [-0.2, 0) is 6.42 Å². The molecule has 1 aliphatic carbocycles. The van der Waals surface area contributed by atoms with E-state index in [1.807, 2.05) is 0 Å². The van der Waals surface area contributed by atoms with Crippen molar-refractivity contribution in [3.05, 3.63) is 18.0 Å². The summed E-state index contributed by atoms with van der Waals surface area (Å²) in [7, 11) is 0. The standard InChI is InChI=1S/C14H23ClN2/c1-3-13(4-2)17-10-9-12(16-17)7-8-14(15)11-5-6-11/h9-11,13-14H,3-8H2,1-2H3. The van der Waals surface area contributed by atoms with Gasteiger partial charge < -0.3 is 0 Å². The Balaban J connectivity index is 1.84. The van der Waals surface area contributed by atoms with E-state index >= 15 is 0 Å². The van der Waals surface area contributed by atoms with E-state index in [4.69, 9.17) is 11.6 Å². The third-order valence-corrected chi connectivity index (χ3v) is 4.36. The number of halogens is 1. The Bertz CT molecular complexity index is 340. The fraction of sp³-hybridized carbons (Fsp3) is 0.786. The van der Waals surface area contributed by atoms with Crippen LogP contribution in [0, 0.1) is 5.92 Å². The zero-order valence-corrected chi connectivity index (χ0v) is 11.7. The molecule has 1 unspecified atom stereocenters. The van der Waals surface area contributed by atoms with Crippen molar-refractivity contribution < 1.29 is 0 Å². The van der Waals surface area contributed by atoms with E-state index in [0.717, 1.165) is 31.6 Å². The molecule has 0 N–H and O–H groups in total. The number of aromatic nitrogens is 2. The summed E-state index contributed by atoms with van der Waals surface area (Å²) < 4.78 is 2.12. The number of hydrogen-bond donors (Lipinski definition) is 0. The lowest BCUT2D eigenvalue weighted by Crippen LogP contribution is -2.08. The molecule has 1 aromatic rings. The van der Waals surface area contributed by atoms with Gasteiger partial charge in [0.05, 0.1) is 11.7 Å². The van der Waals surface area contributed by atoms with E-state index in [9.17, 15) is 0 Å². The van der Waals surface area contributed by atoms with Gasteiger partial charge in [-0.15, -0.1) is 11.6 Å². The molecule has 0 bridgehead atoms. The second kappa shape index (κ2) is 5.90. The van der Waals surface area contributed by atoms with E-state index in [1.165, 1.54) is 18.5 Å². The summed E-state index contributed by atoms with van der Waals surface area (Å²) in [5.41, 5.74) is 1.20. The molecule has 0 aliphatic heterocycles. The van der Waals surface area contributed by atoms with E-state index in [0.29, 0.717) is 11.4 Å². The van der Waals surface area contributed by atoms with Gasteiger partial charge in [-0.1, -0.05) is 13.8 Å². The minimum absolute atomic E-state index is 0.369. The predicted octanol–water partition coefficient (Wildman–Crippen LogP) is 4.19. The fourth-order valence-corrected chi connectivity index (χ4v) is 2.72. The van der Waals surface area contributed by atoms with Gasteiger partial charge in [0.1, 0.15) is 0 Å². The number of rotatable bonds is 7. The van der Waals surface area contributed by atoms with Crippen molar-refractivity contribution in [2.45, 2.75) is 63.8 Å². The average Bonchev–Trinajstić information content (AvgIpc) is 3.09. The minimum Gasteiger partial charge on any atom is -0.269 e. The van der Waals surface area contributed by atoms with E-state index < -0.39 is 0 Å². The first-order valence-electron chi connectivity index (χ1n) is 6.92. The van der Waals surface area contributed by atoms with E-state index in [1.54, 1.807) is 0 Å². The predicted molar refractivity (Wildman–Crippen MR) is 72.5 cm³/mol. The molecule has 1 saturated carbocycles. The van der Waals surface area contributed by atoms with Gasteiger partial charge in [0.2, 0.25) is 0 Å². The summed E-state index contributed by atoms with van der Waals surface area (Å²) in [6.45, 7) is 4.44. The van der Waals surface area contributed by atoms with Crippen LogP contribution in [0.3, 0.4) is 0 Å². The SMILES string of the molecule is CCC(CC)n1ccc(CCC(Cl)C2CC2)n1. The maximum Gasteiger partial charge on any atom is 0.0625 e. The minimum atomic E-state index is 0.369. The summed E-state index contributed by atoms with van der Waals surface area (Å²) in [5.74, 6) is 0.790. The van der Waals surface area contributed by atoms with E-state index in [-0.39, 0.29) is 0 Å². The van der Waals surface area contributed by atoms with Crippen LogP contribution in [-0.4, -0.2) is 15.2 Å². The Morgan fingerprint density at radius 2 is 2.12 bits per heavy atom. The average molecular weight is 255 g/mol. The van der Waals surface area contributed by atoms with Crippen molar-refractivity contribution in [2.24, 2.45) is 5.92 Å². The van der Waals surface area contributed by atoms with Gasteiger partial charge in [0, 0.05) is 11.6 Å². The van der Waals surface area contributed by atoms with Gasteiger partial charge in [-0.2, -0.15) is 5.10 Å². The van der Waals surface area contributed by atoms with Crippen LogP contribution in [0.15, 0.2) is 12.3 Å². The Kier molecular flexibility index (Phi) is 4.49. The molecule has 0 radical (unpaired) electrons. The van der Waals surface area contributed by atoms with Gasteiger partial charge in [-0.25, -0.2) is 0 Å². The lowest BCUT2D eigenvalue weighted by Gasteiger charge is -2.12. The summed E-state index contributed by atoms with van der Waals surface area (Å²) in [5, 5.41) is 5.03. The van der Waals surface area contributed by atoms with Crippen LogP contribution in [0.4, 0.5) is 0 Å². The van der Waals surface area contributed by atoms with Gasteiger partial charge >= 0.3 is 0 Å². The quantitative estimate of drug-likeness (QED) is 0.667. The topological polar surface area (TPSA) is 17.8 Å². The van der Waals surface area contributed by atoms with Crippen LogP contribution >= 0.6 is 11.6 Å². The van der Waals surface area contributed by atoms with Crippen molar-refractivity contribution in [3.8, 4) is 0 Å². The molecule has 1 fully saturated rings. The Labute approximate surface area is 109 Å². The Morgan fingerprint density at radius 3 is 2.71 bits per heavy atom. The molecular weight excluding hydrogens is 232 g/mol. The molecule has 1 aromatic heterocycles. The van der Waals surface area contributed by atoms with E-state index in [2.05, 4.69) is 35.9 Å². The number of nitrogens with zero attached hydrogens (tertiary/aromatic N) is 2. The molecule has 1 heterocycles. The van der Waals surface area contributed by atoms with Crippen LogP contribution in [0.2, 0.25) is 0 Å². The third-order valence-electron chi connectivity index (χ3n) is 3.79. The monoisotopic (exact) mass is 254 g/mol. The first kappa shape index (κ1) is 12.9. The summed E-state index contributed by atoms with van der Waals surface area (Å²) in [6, 6.07) is 2.70. The smallest absolute Gasteiger partial charge is 0.0625 e. The van der Waals surface area contributed by atoms with Crippen LogP contribution < -0.4 is 0 Å². The molecule has 2 nitrogen and oxygen atoms in total. The first-order valence-corrected chi connectivity index (χ1v) is 7.36. The number of aryl methyl sites for hydroxylation is 1. The van der Waals surface area contributed by atoms with Crippen molar-refractivity contribution in [2.75, 3.05) is 0 Å². The van der Waals surface area contributed by atoms with Crippen molar-refractivity contribution in [3.63, 3.8) is 0 Å². The zero-order chi connectivity index (χ0) is 12.3. The van der Waals surface area contributed by atoms with Gasteiger partial charge in [-0.05, 0) is 50.5 Å². The molecule has 3 heteroatoms. The highest BCUT2D eigenvalue weighted by molar-refractivity contribution is 6.20. The van der Waals surface area contributed by atoms with Gasteiger partial charge in [0.15, 0.2) is 0 Å². The van der Waals surface area contributed by atoms with Crippen LogP contribution in [0.1, 0.15) is 57.7 Å². The van der Waals surface area contributed by atoms with Crippen molar-refractivity contribution in [1.29, 1.82) is 0 Å². The van der Waals surface area contributed by atoms with Gasteiger partial charge in [0.25, 0.3) is 0 Å². The Hall–Kier alpha value is -0.500. The largest absolute Gasteiger partial charge is 0.269 e. The lowest BCUT2D eigenvalue weighted by atomic mass is 10.1. The molecular formula is C14H23ClN2. The molecule has 96 valence electrons. The molecule has 2 rings (SSSR count). The second-order valence-electron chi connectivity index (χ2n) is 5.15. The fourth-order valence-electron chi connectivity index (χ4n) is 2.36. The number of hydrogen-bond acceptors (Lipinski definition) is 1. The lowest BCUT2D eigenvalue weighted by molar-refractivity contribution is 0.425.